The van der Waals surface area contributed by atoms with Crippen molar-refractivity contribution < 1.29 is 14.3 Å². The average molecular weight is 379 g/mol. The summed E-state index contributed by atoms with van der Waals surface area (Å²) < 4.78 is 5.56. The number of Topliss-reactive ketones (excluding diaryl/α,β-unsaturated/α-hetero) is 1. The van der Waals surface area contributed by atoms with E-state index in [1.165, 1.54) is 11.1 Å². The quantitative estimate of drug-likeness (QED) is 0.301. The van der Waals surface area contributed by atoms with E-state index in [2.05, 4.69) is 47.6 Å². The molecule has 0 radical (unpaired) electrons. The van der Waals surface area contributed by atoms with Crippen LogP contribution < -0.4 is 4.74 Å². The van der Waals surface area contributed by atoms with E-state index in [0.717, 1.165) is 5.56 Å². The second kappa shape index (κ2) is 6.88. The number of ketones is 1. The van der Waals surface area contributed by atoms with Crippen LogP contribution in [-0.4, -0.2) is 11.8 Å². The van der Waals surface area contributed by atoms with Crippen LogP contribution >= 0.6 is 0 Å². The maximum atomic E-state index is 12.5. The smallest absolute Gasteiger partial charge is 0.385 e. The van der Waals surface area contributed by atoms with Gasteiger partial charge in [-0.2, -0.15) is 0 Å². The van der Waals surface area contributed by atoms with E-state index in [-0.39, 0.29) is 10.8 Å². The molecule has 0 saturated heterocycles. The SMILES string of the molecule is Cc1cc2c(cc1OC(=O)C(=O)c1ccccc1)C(C)(C)C(C)C(C)C2(C)C. The number of benzene rings is 2. The van der Waals surface area contributed by atoms with E-state index >= 15 is 0 Å². The third-order valence-electron chi connectivity index (χ3n) is 7.15. The van der Waals surface area contributed by atoms with E-state index < -0.39 is 11.8 Å². The number of esters is 1. The molecule has 2 atom stereocenters. The monoisotopic (exact) mass is 378 g/mol. The lowest BCUT2D eigenvalue weighted by Gasteiger charge is -2.51. The molecule has 1 aliphatic rings. The molecule has 0 saturated carbocycles. The third-order valence-corrected chi connectivity index (χ3v) is 7.15. The van der Waals surface area contributed by atoms with Gasteiger partial charge in [0.1, 0.15) is 5.75 Å². The molecule has 0 N–H and O–H groups in total. The van der Waals surface area contributed by atoms with Gasteiger partial charge < -0.3 is 4.74 Å². The van der Waals surface area contributed by atoms with Gasteiger partial charge in [-0.25, -0.2) is 4.79 Å². The van der Waals surface area contributed by atoms with Crippen molar-refractivity contribution in [3.05, 3.63) is 64.7 Å². The van der Waals surface area contributed by atoms with Gasteiger partial charge in [-0.1, -0.05) is 77.9 Å². The summed E-state index contributed by atoms with van der Waals surface area (Å²) in [6.07, 6.45) is 0. The van der Waals surface area contributed by atoms with Gasteiger partial charge in [-0.3, -0.25) is 4.79 Å². The minimum atomic E-state index is -0.844. The first-order valence-corrected chi connectivity index (χ1v) is 9.95. The lowest BCUT2D eigenvalue weighted by atomic mass is 9.53. The Morgan fingerprint density at radius 1 is 0.857 bits per heavy atom. The Kier molecular flexibility index (Phi) is 4.99. The van der Waals surface area contributed by atoms with Crippen molar-refractivity contribution >= 4 is 11.8 Å². The van der Waals surface area contributed by atoms with Crippen LogP contribution in [0.25, 0.3) is 0 Å². The van der Waals surface area contributed by atoms with E-state index in [4.69, 9.17) is 4.74 Å². The van der Waals surface area contributed by atoms with Crippen LogP contribution in [0.3, 0.4) is 0 Å². The van der Waals surface area contributed by atoms with Crippen molar-refractivity contribution in [1.82, 2.24) is 0 Å². The van der Waals surface area contributed by atoms with Crippen LogP contribution in [0, 0.1) is 18.8 Å². The molecule has 0 heterocycles. The second-order valence-corrected chi connectivity index (χ2v) is 9.27. The maximum absolute atomic E-state index is 12.5. The molecule has 3 nitrogen and oxygen atoms in total. The fourth-order valence-electron chi connectivity index (χ4n) is 4.46. The molecular formula is C25H30O3. The van der Waals surface area contributed by atoms with Crippen LogP contribution in [0.5, 0.6) is 5.75 Å². The topological polar surface area (TPSA) is 43.4 Å². The van der Waals surface area contributed by atoms with Crippen molar-refractivity contribution in [2.75, 3.05) is 0 Å². The van der Waals surface area contributed by atoms with Crippen molar-refractivity contribution in [2.24, 2.45) is 11.8 Å². The summed E-state index contributed by atoms with van der Waals surface area (Å²) >= 11 is 0. The van der Waals surface area contributed by atoms with Gasteiger partial charge in [0.05, 0.1) is 0 Å². The number of aryl methyl sites for hydroxylation is 1. The predicted molar refractivity (Wildman–Crippen MR) is 112 cm³/mol. The molecule has 0 bridgehead atoms. The Morgan fingerprint density at radius 3 is 1.89 bits per heavy atom. The van der Waals surface area contributed by atoms with Crippen molar-refractivity contribution in [2.45, 2.75) is 59.3 Å². The van der Waals surface area contributed by atoms with Gasteiger partial charge in [-0.05, 0) is 52.3 Å². The fourth-order valence-corrected chi connectivity index (χ4v) is 4.46. The standard InChI is InChI=1S/C25H30O3/c1-15-13-19-20(25(6,7)17(3)16(2)24(19,4)5)14-21(15)28-23(27)22(26)18-11-9-8-10-12-18/h8-14,16-17H,1-7H3. The minimum Gasteiger partial charge on any atom is -0.420 e. The first kappa shape index (κ1) is 20.3. The molecule has 28 heavy (non-hydrogen) atoms. The molecule has 0 fully saturated rings. The molecule has 0 aromatic heterocycles. The van der Waals surface area contributed by atoms with E-state index in [0.29, 0.717) is 23.1 Å². The summed E-state index contributed by atoms with van der Waals surface area (Å²) in [5, 5.41) is 0. The van der Waals surface area contributed by atoms with Crippen LogP contribution in [-0.2, 0) is 15.6 Å². The van der Waals surface area contributed by atoms with E-state index in [9.17, 15) is 9.59 Å². The molecule has 148 valence electrons. The molecule has 3 heteroatoms. The number of ether oxygens (including phenoxy) is 1. The second-order valence-electron chi connectivity index (χ2n) is 9.27. The van der Waals surface area contributed by atoms with Crippen LogP contribution in [0.1, 0.15) is 68.6 Å². The zero-order valence-corrected chi connectivity index (χ0v) is 17.9. The highest BCUT2D eigenvalue weighted by molar-refractivity contribution is 6.41. The molecule has 3 rings (SSSR count). The molecule has 2 unspecified atom stereocenters. The van der Waals surface area contributed by atoms with Crippen molar-refractivity contribution in [3.63, 3.8) is 0 Å². The van der Waals surface area contributed by atoms with Crippen LogP contribution in [0.2, 0.25) is 0 Å². The van der Waals surface area contributed by atoms with Gasteiger partial charge in [-0.15, -0.1) is 0 Å². The van der Waals surface area contributed by atoms with Crippen molar-refractivity contribution in [3.8, 4) is 5.75 Å². The molecule has 0 amide bonds. The van der Waals surface area contributed by atoms with Crippen LogP contribution in [0.4, 0.5) is 0 Å². The Labute approximate surface area is 168 Å². The summed E-state index contributed by atoms with van der Waals surface area (Å²) in [6, 6.07) is 12.6. The maximum Gasteiger partial charge on any atom is 0.385 e. The van der Waals surface area contributed by atoms with Gasteiger partial charge in [0.25, 0.3) is 5.78 Å². The van der Waals surface area contributed by atoms with Gasteiger partial charge >= 0.3 is 5.97 Å². The number of rotatable bonds is 3. The normalized spacial score (nSPS) is 22.2. The van der Waals surface area contributed by atoms with Crippen molar-refractivity contribution in [1.29, 1.82) is 0 Å². The van der Waals surface area contributed by atoms with E-state index in [1.54, 1.807) is 24.3 Å². The number of hydrogen-bond donors (Lipinski definition) is 0. The van der Waals surface area contributed by atoms with E-state index in [1.807, 2.05) is 19.1 Å². The Bertz CT molecular complexity index is 922. The molecule has 0 spiro atoms. The first-order valence-electron chi connectivity index (χ1n) is 9.95. The van der Waals surface area contributed by atoms with Crippen LogP contribution in [0.15, 0.2) is 42.5 Å². The number of carbonyl (C=O) groups is 2. The largest absolute Gasteiger partial charge is 0.420 e. The Hall–Kier alpha value is -2.42. The van der Waals surface area contributed by atoms with Gasteiger partial charge in [0, 0.05) is 5.56 Å². The van der Waals surface area contributed by atoms with Gasteiger partial charge in [0.2, 0.25) is 0 Å². The predicted octanol–water partition coefficient (Wildman–Crippen LogP) is 5.62. The summed E-state index contributed by atoms with van der Waals surface area (Å²) in [4.78, 5) is 24.9. The zero-order chi connectivity index (χ0) is 20.9. The zero-order valence-electron chi connectivity index (χ0n) is 17.9. The first-order chi connectivity index (χ1) is 13.0. The molecule has 2 aromatic carbocycles. The summed E-state index contributed by atoms with van der Waals surface area (Å²) in [5.74, 6) is -0.0174. The average Bonchev–Trinajstić information content (AvgIpc) is 2.66. The molecular weight excluding hydrogens is 348 g/mol. The number of fused-ring (bicyclic) bond motifs is 1. The molecule has 0 aliphatic heterocycles. The summed E-state index contributed by atoms with van der Waals surface area (Å²) in [7, 11) is 0. The highest BCUT2D eigenvalue weighted by Crippen LogP contribution is 2.53. The van der Waals surface area contributed by atoms with Gasteiger partial charge in [0.15, 0.2) is 0 Å². The Morgan fingerprint density at radius 2 is 1.36 bits per heavy atom. The summed E-state index contributed by atoms with van der Waals surface area (Å²) in [5.41, 5.74) is 3.68. The number of carbonyl (C=O) groups excluding carboxylic acids is 2. The summed E-state index contributed by atoms with van der Waals surface area (Å²) in [6.45, 7) is 15.6. The molecule has 1 aliphatic carbocycles. The minimum absolute atomic E-state index is 0.0252. The lowest BCUT2D eigenvalue weighted by Crippen LogP contribution is -2.46. The highest BCUT2D eigenvalue weighted by atomic mass is 16.5. The Balaban J connectivity index is 2.00. The fraction of sp³-hybridized carbons (Fsp3) is 0.440. The molecule has 2 aromatic rings. The lowest BCUT2D eigenvalue weighted by molar-refractivity contribution is -0.129. The number of hydrogen-bond acceptors (Lipinski definition) is 3. The highest BCUT2D eigenvalue weighted by Gasteiger charge is 2.47. The third kappa shape index (κ3) is 3.17.